The number of amides is 1. The minimum absolute atomic E-state index is 0.0914. The van der Waals surface area contributed by atoms with Gasteiger partial charge < -0.3 is 16.0 Å². The Labute approximate surface area is 95.4 Å². The second-order valence-corrected chi connectivity index (χ2v) is 4.17. The number of aryl methyl sites for hydroxylation is 1. The number of nitrogens with zero attached hydrogens (tertiary/aromatic N) is 1. The van der Waals surface area contributed by atoms with E-state index in [1.165, 1.54) is 0 Å². The summed E-state index contributed by atoms with van der Waals surface area (Å²) in [6.45, 7) is 4.13. The molecule has 3 N–H and O–H groups in total. The maximum absolute atomic E-state index is 11.5. The molecule has 1 aromatic rings. The number of carbonyl (C=O) groups is 1. The van der Waals surface area contributed by atoms with Crippen LogP contribution in [0.25, 0.3) is 0 Å². The maximum Gasteiger partial charge on any atom is 0.239 e. The summed E-state index contributed by atoms with van der Waals surface area (Å²) >= 11 is 0. The lowest BCUT2D eigenvalue weighted by Gasteiger charge is -2.23. The lowest BCUT2D eigenvalue weighted by Crippen LogP contribution is -2.33. The van der Waals surface area contributed by atoms with Crippen LogP contribution in [0.2, 0.25) is 0 Å². The monoisotopic (exact) mass is 219 g/mol. The van der Waals surface area contributed by atoms with Crippen molar-refractivity contribution in [1.82, 2.24) is 5.32 Å². The number of carbonyl (C=O) groups excluding carboxylic acids is 1. The minimum atomic E-state index is 0.0914. The molecule has 0 bridgehead atoms. The van der Waals surface area contributed by atoms with Crippen molar-refractivity contribution < 1.29 is 4.79 Å². The quantitative estimate of drug-likeness (QED) is 0.690. The van der Waals surface area contributed by atoms with E-state index in [4.69, 9.17) is 5.73 Å². The molecule has 0 saturated carbocycles. The van der Waals surface area contributed by atoms with Crippen LogP contribution in [-0.2, 0) is 4.79 Å². The average Bonchev–Trinajstić information content (AvgIpc) is 2.43. The average molecular weight is 219 g/mol. The molecule has 1 aromatic carbocycles. The van der Waals surface area contributed by atoms with Crippen LogP contribution in [0, 0.1) is 6.92 Å². The molecule has 2 rings (SSSR count). The van der Waals surface area contributed by atoms with Gasteiger partial charge in [0.25, 0.3) is 0 Å². The normalized spacial score (nSPS) is 16.8. The predicted molar refractivity (Wildman–Crippen MR) is 65.4 cm³/mol. The Balaban J connectivity index is 2.24. The third-order valence-electron chi connectivity index (χ3n) is 2.82. The highest BCUT2D eigenvalue weighted by atomic mass is 16.2. The maximum atomic E-state index is 11.5. The van der Waals surface area contributed by atoms with Crippen LogP contribution in [0.15, 0.2) is 18.2 Å². The van der Waals surface area contributed by atoms with Gasteiger partial charge in [-0.3, -0.25) is 4.79 Å². The number of nitrogens with two attached hydrogens (primary N) is 1. The van der Waals surface area contributed by atoms with Gasteiger partial charge in [0.2, 0.25) is 5.91 Å². The van der Waals surface area contributed by atoms with E-state index in [0.29, 0.717) is 6.54 Å². The van der Waals surface area contributed by atoms with Crippen LogP contribution in [0.1, 0.15) is 12.0 Å². The third-order valence-corrected chi connectivity index (χ3v) is 2.82. The molecule has 4 nitrogen and oxygen atoms in total. The molecule has 0 aromatic heterocycles. The predicted octanol–water partition coefficient (Wildman–Crippen LogP) is 0.904. The van der Waals surface area contributed by atoms with E-state index in [9.17, 15) is 4.79 Å². The van der Waals surface area contributed by atoms with Gasteiger partial charge in [-0.15, -0.1) is 0 Å². The number of rotatable bonds is 1. The van der Waals surface area contributed by atoms with Crippen molar-refractivity contribution >= 4 is 17.3 Å². The lowest BCUT2D eigenvalue weighted by atomic mass is 10.1. The van der Waals surface area contributed by atoms with Gasteiger partial charge >= 0.3 is 0 Å². The number of anilines is 2. The summed E-state index contributed by atoms with van der Waals surface area (Å²) < 4.78 is 0. The smallest absolute Gasteiger partial charge is 0.239 e. The van der Waals surface area contributed by atoms with Gasteiger partial charge in [0.05, 0.1) is 6.54 Å². The molecule has 0 aliphatic carbocycles. The SMILES string of the molecule is Cc1cc(N)ccc1N1CCCNC(=O)C1. The van der Waals surface area contributed by atoms with Gasteiger partial charge in [-0.2, -0.15) is 0 Å². The van der Waals surface area contributed by atoms with Gasteiger partial charge in [0.1, 0.15) is 0 Å². The van der Waals surface area contributed by atoms with E-state index >= 15 is 0 Å². The summed E-state index contributed by atoms with van der Waals surface area (Å²) in [5.41, 5.74) is 8.70. The van der Waals surface area contributed by atoms with Crippen molar-refractivity contribution in [2.75, 3.05) is 30.3 Å². The zero-order chi connectivity index (χ0) is 11.5. The third kappa shape index (κ3) is 2.27. The Morgan fingerprint density at radius 1 is 1.44 bits per heavy atom. The number of hydrogen-bond acceptors (Lipinski definition) is 3. The first-order valence-corrected chi connectivity index (χ1v) is 5.54. The second kappa shape index (κ2) is 4.43. The first-order chi connectivity index (χ1) is 7.66. The van der Waals surface area contributed by atoms with Crippen LogP contribution < -0.4 is 16.0 Å². The van der Waals surface area contributed by atoms with Crippen LogP contribution in [0.5, 0.6) is 0 Å². The molecule has 0 spiro atoms. The Kier molecular flexibility index (Phi) is 2.99. The van der Waals surface area contributed by atoms with Gasteiger partial charge in [0, 0.05) is 24.5 Å². The molecule has 4 heteroatoms. The standard InChI is InChI=1S/C12H17N3O/c1-9-7-10(13)3-4-11(9)15-6-2-5-14-12(16)8-15/h3-4,7H,2,5-6,8,13H2,1H3,(H,14,16). The number of hydrogen-bond donors (Lipinski definition) is 2. The van der Waals surface area contributed by atoms with Gasteiger partial charge in [-0.05, 0) is 37.1 Å². The molecule has 16 heavy (non-hydrogen) atoms. The fourth-order valence-electron chi connectivity index (χ4n) is 2.05. The van der Waals surface area contributed by atoms with Crippen LogP contribution in [0.3, 0.4) is 0 Å². The van der Waals surface area contributed by atoms with E-state index < -0.39 is 0 Å². The van der Waals surface area contributed by atoms with E-state index in [1.807, 2.05) is 25.1 Å². The molecule has 0 atom stereocenters. The van der Waals surface area contributed by atoms with Crippen molar-refractivity contribution in [2.24, 2.45) is 0 Å². The van der Waals surface area contributed by atoms with Crippen molar-refractivity contribution in [3.8, 4) is 0 Å². The van der Waals surface area contributed by atoms with E-state index in [2.05, 4.69) is 10.2 Å². The number of nitrogen functional groups attached to an aromatic ring is 1. The molecule has 0 radical (unpaired) electrons. The summed E-state index contributed by atoms with van der Waals surface area (Å²) in [6, 6.07) is 5.81. The van der Waals surface area contributed by atoms with Crippen LogP contribution in [-0.4, -0.2) is 25.5 Å². The second-order valence-electron chi connectivity index (χ2n) is 4.17. The highest BCUT2D eigenvalue weighted by Crippen LogP contribution is 2.22. The fourth-order valence-corrected chi connectivity index (χ4v) is 2.05. The van der Waals surface area contributed by atoms with Crippen molar-refractivity contribution in [3.05, 3.63) is 23.8 Å². The van der Waals surface area contributed by atoms with Crippen molar-refractivity contribution in [3.63, 3.8) is 0 Å². The number of benzene rings is 1. The highest BCUT2D eigenvalue weighted by Gasteiger charge is 2.16. The fraction of sp³-hybridized carbons (Fsp3) is 0.417. The Hall–Kier alpha value is -1.71. The van der Waals surface area contributed by atoms with Crippen molar-refractivity contribution in [1.29, 1.82) is 0 Å². The first-order valence-electron chi connectivity index (χ1n) is 5.54. The summed E-state index contributed by atoms with van der Waals surface area (Å²) in [7, 11) is 0. The van der Waals surface area contributed by atoms with Gasteiger partial charge in [0.15, 0.2) is 0 Å². The summed E-state index contributed by atoms with van der Waals surface area (Å²) in [5, 5.41) is 2.87. The van der Waals surface area contributed by atoms with Crippen LogP contribution >= 0.6 is 0 Å². The largest absolute Gasteiger partial charge is 0.399 e. The minimum Gasteiger partial charge on any atom is -0.399 e. The molecule has 1 aliphatic rings. The molecule has 1 fully saturated rings. The first kappa shape index (κ1) is 10.8. The van der Waals surface area contributed by atoms with E-state index in [1.54, 1.807) is 0 Å². The molecular weight excluding hydrogens is 202 g/mol. The van der Waals surface area contributed by atoms with Crippen molar-refractivity contribution in [2.45, 2.75) is 13.3 Å². The number of nitrogens with one attached hydrogen (secondary N) is 1. The highest BCUT2D eigenvalue weighted by molar-refractivity contribution is 5.82. The summed E-state index contributed by atoms with van der Waals surface area (Å²) in [6.07, 6.45) is 0.982. The molecule has 1 saturated heterocycles. The van der Waals surface area contributed by atoms with E-state index in [0.717, 1.165) is 36.4 Å². The Morgan fingerprint density at radius 2 is 2.25 bits per heavy atom. The summed E-state index contributed by atoms with van der Waals surface area (Å²) in [4.78, 5) is 13.6. The molecule has 1 aliphatic heterocycles. The molecule has 0 unspecified atom stereocenters. The molecule has 1 heterocycles. The zero-order valence-corrected chi connectivity index (χ0v) is 9.49. The van der Waals surface area contributed by atoms with Crippen LogP contribution in [0.4, 0.5) is 11.4 Å². The van der Waals surface area contributed by atoms with Gasteiger partial charge in [-0.1, -0.05) is 0 Å². The lowest BCUT2D eigenvalue weighted by molar-refractivity contribution is -0.119. The molecule has 1 amide bonds. The molecule has 86 valence electrons. The Bertz CT molecular complexity index is 403. The zero-order valence-electron chi connectivity index (χ0n) is 9.49. The Morgan fingerprint density at radius 3 is 3.00 bits per heavy atom. The topological polar surface area (TPSA) is 58.4 Å². The van der Waals surface area contributed by atoms with Gasteiger partial charge in [-0.25, -0.2) is 0 Å². The van der Waals surface area contributed by atoms with E-state index in [-0.39, 0.29) is 5.91 Å². The summed E-state index contributed by atoms with van der Waals surface area (Å²) in [5.74, 6) is 0.0914. The molecular formula is C12H17N3O.